The van der Waals surface area contributed by atoms with Crippen LogP contribution >= 0.6 is 23.2 Å². The molecule has 2 saturated heterocycles. The number of ether oxygens (including phenoxy) is 2. The Labute approximate surface area is 251 Å². The highest BCUT2D eigenvalue weighted by Crippen LogP contribution is 2.33. The van der Waals surface area contributed by atoms with Crippen LogP contribution in [0.3, 0.4) is 0 Å². The zero-order chi connectivity index (χ0) is 28.2. The number of carbonyl (C=O) groups is 1. The minimum atomic E-state index is -0.100. The minimum Gasteiger partial charge on any atom is -0.489 e. The van der Waals surface area contributed by atoms with E-state index in [1.165, 1.54) is 12.8 Å². The average Bonchev–Trinajstić information content (AvgIpc) is 3.40. The summed E-state index contributed by atoms with van der Waals surface area (Å²) in [4.78, 5) is 22.8. The quantitative estimate of drug-likeness (QED) is 0.278. The van der Waals surface area contributed by atoms with E-state index in [0.717, 1.165) is 69.0 Å². The van der Waals surface area contributed by atoms with Crippen LogP contribution in [-0.2, 0) is 11.2 Å². The lowest BCUT2D eigenvalue weighted by atomic mass is 10.0. The number of anilines is 1. The third kappa shape index (κ3) is 7.64. The average molecular weight is 596 g/mol. The first-order chi connectivity index (χ1) is 20.0. The van der Waals surface area contributed by atoms with Gasteiger partial charge in [-0.2, -0.15) is 4.98 Å². The monoisotopic (exact) mass is 594 g/mol. The summed E-state index contributed by atoms with van der Waals surface area (Å²) in [6, 6.07) is 19.0. The Morgan fingerprint density at radius 1 is 1.00 bits per heavy atom. The fraction of sp³-hybridized carbons (Fsp3) is 0.438. The summed E-state index contributed by atoms with van der Waals surface area (Å²) < 4.78 is 11.8. The van der Waals surface area contributed by atoms with Crippen LogP contribution < -0.4 is 19.7 Å². The number of nitrogens with zero attached hydrogens (tertiary/aromatic N) is 3. The fourth-order valence-electron chi connectivity index (χ4n) is 5.62. The molecule has 3 aromatic rings. The third-order valence-electron chi connectivity index (χ3n) is 7.95. The van der Waals surface area contributed by atoms with E-state index in [9.17, 15) is 4.79 Å². The molecule has 2 aromatic carbocycles. The molecule has 1 amide bonds. The van der Waals surface area contributed by atoms with Crippen molar-refractivity contribution < 1.29 is 14.3 Å². The van der Waals surface area contributed by atoms with Crippen LogP contribution in [0.5, 0.6) is 17.4 Å². The van der Waals surface area contributed by atoms with Crippen molar-refractivity contribution in [2.24, 2.45) is 5.92 Å². The number of halogens is 2. The van der Waals surface area contributed by atoms with Crippen molar-refractivity contribution in [3.8, 4) is 17.4 Å². The summed E-state index contributed by atoms with van der Waals surface area (Å²) in [6.45, 7) is 4.39. The third-order valence-corrected chi connectivity index (χ3v) is 8.50. The second kappa shape index (κ2) is 12.9. The molecule has 1 saturated carbocycles. The smallest absolute Gasteiger partial charge is 0.225 e. The fourth-order valence-corrected chi connectivity index (χ4v) is 5.99. The van der Waals surface area contributed by atoms with E-state index in [0.29, 0.717) is 34.3 Å². The van der Waals surface area contributed by atoms with Gasteiger partial charge in [0.1, 0.15) is 17.3 Å². The van der Waals surface area contributed by atoms with Gasteiger partial charge in [-0.1, -0.05) is 35.3 Å². The maximum absolute atomic E-state index is 13.5. The first-order valence-corrected chi connectivity index (χ1v) is 15.4. The number of pyridine rings is 1. The lowest BCUT2D eigenvalue weighted by Gasteiger charge is -2.26. The van der Waals surface area contributed by atoms with Crippen LogP contribution in [-0.4, -0.2) is 60.7 Å². The number of aromatic nitrogens is 1. The molecule has 0 radical (unpaired) electrons. The normalized spacial score (nSPS) is 19.8. The summed E-state index contributed by atoms with van der Waals surface area (Å²) in [5, 5.41) is 4.69. The Bertz CT molecular complexity index is 1350. The van der Waals surface area contributed by atoms with E-state index in [2.05, 4.69) is 21.2 Å². The molecule has 0 bridgehead atoms. The summed E-state index contributed by atoms with van der Waals surface area (Å²) in [6.07, 6.45) is 6.44. The lowest BCUT2D eigenvalue weighted by Crippen LogP contribution is -2.46. The van der Waals surface area contributed by atoms with Crippen LogP contribution in [0.2, 0.25) is 10.0 Å². The van der Waals surface area contributed by atoms with Gasteiger partial charge < -0.3 is 24.6 Å². The van der Waals surface area contributed by atoms with Crippen molar-refractivity contribution in [1.82, 2.24) is 15.2 Å². The molecule has 3 aliphatic rings. The largest absolute Gasteiger partial charge is 0.489 e. The van der Waals surface area contributed by atoms with E-state index in [4.69, 9.17) is 37.7 Å². The molecule has 0 unspecified atom stereocenters. The van der Waals surface area contributed by atoms with Crippen molar-refractivity contribution in [3.05, 3.63) is 76.3 Å². The van der Waals surface area contributed by atoms with Gasteiger partial charge >= 0.3 is 0 Å². The second-order valence-corrected chi connectivity index (χ2v) is 12.2. The van der Waals surface area contributed by atoms with E-state index in [1.54, 1.807) is 12.1 Å². The van der Waals surface area contributed by atoms with Crippen molar-refractivity contribution in [3.63, 3.8) is 0 Å². The summed E-state index contributed by atoms with van der Waals surface area (Å²) in [5.41, 5.74) is 1.11. The van der Waals surface area contributed by atoms with E-state index >= 15 is 0 Å². The molecule has 1 N–H and O–H groups in total. The van der Waals surface area contributed by atoms with Gasteiger partial charge in [0.15, 0.2) is 0 Å². The molecule has 41 heavy (non-hydrogen) atoms. The number of amides is 1. The highest BCUT2D eigenvalue weighted by Gasteiger charge is 2.31. The Morgan fingerprint density at radius 3 is 2.56 bits per heavy atom. The van der Waals surface area contributed by atoms with Crippen molar-refractivity contribution in [2.45, 2.75) is 50.7 Å². The lowest BCUT2D eigenvalue weighted by molar-refractivity contribution is -0.125. The molecule has 216 valence electrons. The van der Waals surface area contributed by atoms with Crippen LogP contribution in [0.25, 0.3) is 0 Å². The first-order valence-electron chi connectivity index (χ1n) is 14.6. The predicted molar refractivity (Wildman–Crippen MR) is 162 cm³/mol. The number of benzene rings is 2. The summed E-state index contributed by atoms with van der Waals surface area (Å²) >= 11 is 12.5. The highest BCUT2D eigenvalue weighted by atomic mass is 35.5. The molecule has 1 aromatic heterocycles. The van der Waals surface area contributed by atoms with Gasteiger partial charge in [0.05, 0.1) is 17.0 Å². The standard InChI is InChI=1S/C32H36Cl2N4O3/c33-24-7-9-27(10-8-24)41-31-5-3-4-30(36-31)38-17-14-23(20-38)32(39)35-25(21-37-15-1-2-16-37)18-22-6-13-29(28(34)19-22)40-26-11-12-26/h3-10,13,19,23,25-26H,1-2,11-12,14-18,20-21H2,(H,35,39)/t23-,25+/m1/s1. The van der Waals surface area contributed by atoms with Gasteiger partial charge in [-0.05, 0) is 99.6 Å². The molecule has 3 heterocycles. The summed E-state index contributed by atoms with van der Waals surface area (Å²) in [5.74, 6) is 2.74. The number of hydrogen-bond acceptors (Lipinski definition) is 6. The number of rotatable bonds is 11. The Balaban J connectivity index is 1.08. The molecule has 7 nitrogen and oxygen atoms in total. The van der Waals surface area contributed by atoms with E-state index in [1.807, 2.05) is 42.5 Å². The molecule has 0 spiro atoms. The van der Waals surface area contributed by atoms with Gasteiger partial charge in [-0.15, -0.1) is 0 Å². The van der Waals surface area contributed by atoms with Gasteiger partial charge in [-0.3, -0.25) is 4.79 Å². The SMILES string of the molecule is O=C(N[C@@H](Cc1ccc(OC2CC2)c(Cl)c1)CN1CCCC1)[C@@H]1CCN(c2cccc(Oc3ccc(Cl)cc3)n2)C1. The predicted octanol–water partition coefficient (Wildman–Crippen LogP) is 6.37. The molecule has 2 aliphatic heterocycles. The Morgan fingerprint density at radius 2 is 1.80 bits per heavy atom. The van der Waals surface area contributed by atoms with Crippen LogP contribution in [0.1, 0.15) is 37.7 Å². The van der Waals surface area contributed by atoms with E-state index < -0.39 is 0 Å². The van der Waals surface area contributed by atoms with Crippen molar-refractivity contribution >= 4 is 34.9 Å². The second-order valence-electron chi connectivity index (χ2n) is 11.3. The maximum Gasteiger partial charge on any atom is 0.225 e. The number of hydrogen-bond donors (Lipinski definition) is 1. The zero-order valence-corrected chi connectivity index (χ0v) is 24.6. The van der Waals surface area contributed by atoms with Gasteiger partial charge in [-0.25, -0.2) is 0 Å². The van der Waals surface area contributed by atoms with Crippen molar-refractivity contribution in [2.75, 3.05) is 37.6 Å². The molecule has 2 atom stereocenters. The van der Waals surface area contributed by atoms with Gasteiger partial charge in [0.2, 0.25) is 11.8 Å². The first kappa shape index (κ1) is 28.1. The van der Waals surface area contributed by atoms with Crippen LogP contribution in [0, 0.1) is 5.92 Å². The zero-order valence-electron chi connectivity index (χ0n) is 23.1. The van der Waals surface area contributed by atoms with Gasteiger partial charge in [0, 0.05) is 36.8 Å². The molecular weight excluding hydrogens is 559 g/mol. The number of likely N-dealkylation sites (tertiary alicyclic amines) is 1. The number of nitrogens with one attached hydrogen (secondary N) is 1. The van der Waals surface area contributed by atoms with E-state index in [-0.39, 0.29) is 17.9 Å². The Hall–Kier alpha value is -3.00. The topological polar surface area (TPSA) is 66.9 Å². The number of carbonyl (C=O) groups excluding carboxylic acids is 1. The molecule has 1 aliphatic carbocycles. The van der Waals surface area contributed by atoms with Gasteiger partial charge in [0.25, 0.3) is 0 Å². The molecule has 9 heteroatoms. The highest BCUT2D eigenvalue weighted by molar-refractivity contribution is 6.32. The van der Waals surface area contributed by atoms with Crippen LogP contribution in [0.4, 0.5) is 5.82 Å². The van der Waals surface area contributed by atoms with Crippen molar-refractivity contribution in [1.29, 1.82) is 0 Å². The van der Waals surface area contributed by atoms with Crippen LogP contribution in [0.15, 0.2) is 60.7 Å². The summed E-state index contributed by atoms with van der Waals surface area (Å²) in [7, 11) is 0. The Kier molecular flexibility index (Phi) is 8.84. The minimum absolute atomic E-state index is 0.00939. The maximum atomic E-state index is 13.5. The molecular formula is C32H36Cl2N4O3. The molecule has 6 rings (SSSR count). The molecule has 3 fully saturated rings.